The van der Waals surface area contributed by atoms with Crippen LogP contribution in [0.1, 0.15) is 28.4 Å². The van der Waals surface area contributed by atoms with Gasteiger partial charge in [0.25, 0.3) is 11.7 Å². The molecule has 1 aromatic carbocycles. The zero-order valence-electron chi connectivity index (χ0n) is 17.2. The van der Waals surface area contributed by atoms with Crippen molar-refractivity contribution in [2.45, 2.75) is 20.3 Å². The summed E-state index contributed by atoms with van der Waals surface area (Å²) in [5.41, 5.74) is 2.85. The van der Waals surface area contributed by atoms with Gasteiger partial charge in [-0.3, -0.25) is 9.59 Å². The minimum Gasteiger partial charge on any atom is -0.368 e. The lowest BCUT2D eigenvalue weighted by Gasteiger charge is -2.36. The molecule has 4 rings (SSSR count). The average molecular weight is 407 g/mol. The molecule has 0 aliphatic carbocycles. The first kappa shape index (κ1) is 19.8. The number of carbonyl (C=O) groups is 2. The van der Waals surface area contributed by atoms with Crippen LogP contribution in [0.2, 0.25) is 0 Å². The number of hydrogen-bond acceptors (Lipinski definition) is 6. The molecule has 0 bridgehead atoms. The van der Waals surface area contributed by atoms with E-state index in [1.54, 1.807) is 4.52 Å². The van der Waals surface area contributed by atoms with Gasteiger partial charge in [-0.1, -0.05) is 18.2 Å². The Morgan fingerprint density at radius 3 is 2.50 bits per heavy atom. The van der Waals surface area contributed by atoms with Gasteiger partial charge in [0.05, 0.1) is 0 Å². The van der Waals surface area contributed by atoms with E-state index in [1.807, 2.05) is 43.0 Å². The van der Waals surface area contributed by atoms with Crippen molar-refractivity contribution in [3.63, 3.8) is 0 Å². The van der Waals surface area contributed by atoms with Gasteiger partial charge in [0, 0.05) is 56.2 Å². The molecule has 1 aliphatic heterocycles. The Balaban J connectivity index is 1.26. The molecule has 0 spiro atoms. The lowest BCUT2D eigenvalue weighted by atomic mass is 10.2. The van der Waals surface area contributed by atoms with Gasteiger partial charge >= 0.3 is 0 Å². The first-order chi connectivity index (χ1) is 14.5. The minimum atomic E-state index is -0.403. The number of rotatable bonds is 5. The molecule has 0 unspecified atom stereocenters. The molecule has 3 aromatic rings. The van der Waals surface area contributed by atoms with E-state index in [2.05, 4.69) is 37.4 Å². The van der Waals surface area contributed by atoms with Crippen LogP contribution in [0.4, 0.5) is 5.69 Å². The van der Waals surface area contributed by atoms with E-state index in [4.69, 9.17) is 0 Å². The van der Waals surface area contributed by atoms with Gasteiger partial charge < -0.3 is 15.1 Å². The number of benzene rings is 1. The molecule has 9 heteroatoms. The van der Waals surface area contributed by atoms with E-state index in [1.165, 1.54) is 5.69 Å². The van der Waals surface area contributed by atoms with Gasteiger partial charge in [-0.2, -0.15) is 4.98 Å². The van der Waals surface area contributed by atoms with Crippen molar-refractivity contribution in [3.8, 4) is 0 Å². The maximum Gasteiger partial charge on any atom is 0.291 e. The molecule has 9 nitrogen and oxygen atoms in total. The molecule has 1 saturated heterocycles. The van der Waals surface area contributed by atoms with E-state index in [-0.39, 0.29) is 24.7 Å². The Morgan fingerprint density at radius 2 is 1.77 bits per heavy atom. The summed E-state index contributed by atoms with van der Waals surface area (Å²) in [5.74, 6) is 0.0866. The van der Waals surface area contributed by atoms with Crippen LogP contribution in [0.25, 0.3) is 5.78 Å². The third-order valence-corrected chi connectivity index (χ3v) is 5.20. The lowest BCUT2D eigenvalue weighted by molar-refractivity contribution is -0.131. The van der Waals surface area contributed by atoms with Crippen molar-refractivity contribution in [1.82, 2.24) is 29.8 Å². The maximum absolute atomic E-state index is 12.5. The first-order valence-electron chi connectivity index (χ1n) is 10.1. The number of carbonyl (C=O) groups excluding carboxylic acids is 2. The molecule has 0 atom stereocenters. The molecular formula is C21H25N7O2. The fourth-order valence-electron chi connectivity index (χ4n) is 3.64. The largest absolute Gasteiger partial charge is 0.368 e. The number of piperazine rings is 1. The second kappa shape index (κ2) is 8.48. The van der Waals surface area contributed by atoms with Crippen molar-refractivity contribution in [1.29, 1.82) is 0 Å². The van der Waals surface area contributed by atoms with Crippen LogP contribution in [-0.2, 0) is 4.79 Å². The predicted molar refractivity (Wildman–Crippen MR) is 112 cm³/mol. The maximum atomic E-state index is 12.5. The van der Waals surface area contributed by atoms with E-state index < -0.39 is 5.91 Å². The molecule has 1 fully saturated rings. The van der Waals surface area contributed by atoms with E-state index in [0.29, 0.717) is 18.9 Å². The second-order valence-corrected chi connectivity index (χ2v) is 7.40. The summed E-state index contributed by atoms with van der Waals surface area (Å²) in [5, 5.41) is 6.94. The molecule has 30 heavy (non-hydrogen) atoms. The zero-order chi connectivity index (χ0) is 21.1. The average Bonchev–Trinajstić information content (AvgIpc) is 3.19. The monoisotopic (exact) mass is 407 g/mol. The highest BCUT2D eigenvalue weighted by Gasteiger charge is 2.21. The minimum absolute atomic E-state index is 0.0408. The summed E-state index contributed by atoms with van der Waals surface area (Å²) >= 11 is 0. The lowest BCUT2D eigenvalue weighted by Crippen LogP contribution is -2.49. The van der Waals surface area contributed by atoms with Gasteiger partial charge in [-0.05, 0) is 32.0 Å². The molecule has 156 valence electrons. The molecule has 0 radical (unpaired) electrons. The van der Waals surface area contributed by atoms with Crippen LogP contribution in [0, 0.1) is 13.8 Å². The van der Waals surface area contributed by atoms with Crippen molar-refractivity contribution in [2.75, 3.05) is 37.6 Å². The highest BCUT2D eigenvalue weighted by atomic mass is 16.2. The summed E-state index contributed by atoms with van der Waals surface area (Å²) < 4.78 is 1.54. The number of amides is 2. The molecule has 2 amide bonds. The Bertz CT molecular complexity index is 1060. The van der Waals surface area contributed by atoms with Gasteiger partial charge in [0.15, 0.2) is 0 Å². The number of fused-ring (bicyclic) bond motifs is 1. The summed E-state index contributed by atoms with van der Waals surface area (Å²) in [7, 11) is 0. The van der Waals surface area contributed by atoms with Crippen molar-refractivity contribution >= 4 is 23.3 Å². The highest BCUT2D eigenvalue weighted by molar-refractivity contribution is 5.91. The second-order valence-electron chi connectivity index (χ2n) is 7.40. The normalized spacial score (nSPS) is 14.2. The van der Waals surface area contributed by atoms with Crippen LogP contribution in [0.3, 0.4) is 0 Å². The number of hydrogen-bond donors (Lipinski definition) is 1. The van der Waals surface area contributed by atoms with Crippen molar-refractivity contribution in [3.05, 3.63) is 53.6 Å². The SMILES string of the molecule is Cc1cc(C)n2nc(C(=O)NCCC(=O)N3CCN(c4ccccc4)CC3)nc2n1. The molecule has 3 heterocycles. The quantitative estimate of drug-likeness (QED) is 0.683. The van der Waals surface area contributed by atoms with Crippen LogP contribution in [0.5, 0.6) is 0 Å². The Hall–Kier alpha value is -3.49. The Labute approximate surface area is 174 Å². The van der Waals surface area contributed by atoms with Gasteiger partial charge in [0.2, 0.25) is 11.7 Å². The van der Waals surface area contributed by atoms with Gasteiger partial charge in [0.1, 0.15) is 0 Å². The summed E-state index contributed by atoms with van der Waals surface area (Å²) in [6.07, 6.45) is 0.251. The molecule has 2 aromatic heterocycles. The summed E-state index contributed by atoms with van der Waals surface area (Å²) in [6.45, 7) is 6.97. The van der Waals surface area contributed by atoms with Crippen LogP contribution < -0.4 is 10.2 Å². The molecular weight excluding hydrogens is 382 g/mol. The molecule has 0 saturated carbocycles. The van der Waals surface area contributed by atoms with Crippen molar-refractivity contribution < 1.29 is 9.59 Å². The van der Waals surface area contributed by atoms with Gasteiger partial charge in [-0.25, -0.2) is 9.50 Å². The van der Waals surface area contributed by atoms with E-state index >= 15 is 0 Å². The third-order valence-electron chi connectivity index (χ3n) is 5.20. The number of aromatic nitrogens is 4. The van der Waals surface area contributed by atoms with Crippen LogP contribution >= 0.6 is 0 Å². The standard InChI is InChI=1S/C21H25N7O2/c1-15-14-16(2)28-21(23-15)24-19(25-28)20(30)22-9-8-18(29)27-12-10-26(11-13-27)17-6-4-3-5-7-17/h3-7,14H,8-13H2,1-2H3,(H,22,30). The van der Waals surface area contributed by atoms with Crippen molar-refractivity contribution in [2.24, 2.45) is 0 Å². The topological polar surface area (TPSA) is 95.7 Å². The Kier molecular flexibility index (Phi) is 5.60. The first-order valence-corrected chi connectivity index (χ1v) is 10.1. The Morgan fingerprint density at radius 1 is 1.03 bits per heavy atom. The highest BCUT2D eigenvalue weighted by Crippen LogP contribution is 2.15. The summed E-state index contributed by atoms with van der Waals surface area (Å²) in [4.78, 5) is 37.4. The van der Waals surface area contributed by atoms with E-state index in [9.17, 15) is 9.59 Å². The number of nitrogens with zero attached hydrogens (tertiary/aromatic N) is 6. The number of nitrogens with one attached hydrogen (secondary N) is 1. The molecule has 1 aliphatic rings. The zero-order valence-corrected chi connectivity index (χ0v) is 17.2. The van der Waals surface area contributed by atoms with Gasteiger partial charge in [-0.15, -0.1) is 5.10 Å². The summed E-state index contributed by atoms with van der Waals surface area (Å²) in [6, 6.07) is 12.1. The van der Waals surface area contributed by atoms with Crippen LogP contribution in [-0.4, -0.2) is 69.0 Å². The third kappa shape index (κ3) is 4.24. The number of aryl methyl sites for hydroxylation is 2. The number of para-hydroxylation sites is 1. The fraction of sp³-hybridized carbons (Fsp3) is 0.381. The fourth-order valence-corrected chi connectivity index (χ4v) is 3.64. The van der Waals surface area contributed by atoms with Crippen LogP contribution in [0.15, 0.2) is 36.4 Å². The molecule has 1 N–H and O–H groups in total. The van der Waals surface area contributed by atoms with E-state index in [0.717, 1.165) is 24.5 Å². The number of anilines is 1. The smallest absolute Gasteiger partial charge is 0.291 e. The predicted octanol–water partition coefficient (Wildman–Crippen LogP) is 1.21.